The maximum atomic E-state index is 11.9. The van der Waals surface area contributed by atoms with Crippen LogP contribution in [0.2, 0.25) is 0 Å². The second-order valence-electron chi connectivity index (χ2n) is 3.88. The second kappa shape index (κ2) is 5.78. The van der Waals surface area contributed by atoms with Crippen LogP contribution in [0.3, 0.4) is 0 Å². The summed E-state index contributed by atoms with van der Waals surface area (Å²) in [7, 11) is 0. The number of esters is 1. The van der Waals surface area contributed by atoms with Gasteiger partial charge in [0.15, 0.2) is 5.69 Å². The molecule has 18 heavy (non-hydrogen) atoms. The van der Waals surface area contributed by atoms with Crippen molar-refractivity contribution in [2.45, 2.75) is 13.5 Å². The van der Waals surface area contributed by atoms with Crippen LogP contribution < -0.4 is 0 Å². The van der Waals surface area contributed by atoms with Gasteiger partial charge in [0.1, 0.15) is 6.61 Å². The fourth-order valence-electron chi connectivity index (χ4n) is 1.55. The molecule has 1 aromatic carbocycles. The fourth-order valence-corrected chi connectivity index (χ4v) is 1.99. The van der Waals surface area contributed by atoms with Gasteiger partial charge in [-0.25, -0.2) is 9.78 Å². The average molecular weight is 306 g/mol. The van der Waals surface area contributed by atoms with E-state index in [-0.39, 0.29) is 6.61 Å². The molecule has 0 fully saturated rings. The lowest BCUT2D eigenvalue weighted by molar-refractivity contribution is 0.0465. The quantitative estimate of drug-likeness (QED) is 0.815. The molecular formula is C14H12BrNO2. The number of ether oxygens (including phenoxy) is 1. The Morgan fingerprint density at radius 1 is 1.33 bits per heavy atom. The zero-order valence-electron chi connectivity index (χ0n) is 9.89. The third kappa shape index (κ3) is 3.17. The molecule has 2 aromatic rings. The van der Waals surface area contributed by atoms with Crippen molar-refractivity contribution in [2.24, 2.45) is 0 Å². The molecule has 0 saturated carbocycles. The molecule has 92 valence electrons. The van der Waals surface area contributed by atoms with Gasteiger partial charge in [-0.05, 0) is 40.0 Å². The minimum atomic E-state index is -0.399. The van der Waals surface area contributed by atoms with E-state index in [1.807, 2.05) is 43.3 Å². The van der Waals surface area contributed by atoms with Crippen molar-refractivity contribution in [1.29, 1.82) is 0 Å². The van der Waals surface area contributed by atoms with Gasteiger partial charge in [-0.3, -0.25) is 0 Å². The number of carbonyl (C=O) groups excluding carboxylic acids is 1. The number of halogens is 1. The molecule has 0 spiro atoms. The van der Waals surface area contributed by atoms with Gasteiger partial charge in [0.25, 0.3) is 0 Å². The summed E-state index contributed by atoms with van der Waals surface area (Å²) in [6.45, 7) is 2.09. The van der Waals surface area contributed by atoms with Gasteiger partial charge in [-0.1, -0.05) is 30.3 Å². The van der Waals surface area contributed by atoms with E-state index in [1.54, 1.807) is 6.20 Å². The molecule has 4 heteroatoms. The maximum Gasteiger partial charge on any atom is 0.357 e. The number of hydrogen-bond acceptors (Lipinski definition) is 3. The summed E-state index contributed by atoms with van der Waals surface area (Å²) in [5.41, 5.74) is 2.11. The van der Waals surface area contributed by atoms with Crippen molar-refractivity contribution >= 4 is 21.9 Å². The Morgan fingerprint density at radius 3 is 2.72 bits per heavy atom. The molecule has 0 aliphatic rings. The predicted molar refractivity (Wildman–Crippen MR) is 72.2 cm³/mol. The molecule has 1 heterocycles. The Bertz CT molecular complexity index is 555. The Kier molecular flexibility index (Phi) is 4.10. The van der Waals surface area contributed by atoms with Gasteiger partial charge in [0.05, 0.1) is 0 Å². The van der Waals surface area contributed by atoms with Crippen LogP contribution in [0.15, 0.2) is 47.1 Å². The van der Waals surface area contributed by atoms with Crippen LogP contribution in [0.5, 0.6) is 0 Å². The fraction of sp³-hybridized carbons (Fsp3) is 0.143. The van der Waals surface area contributed by atoms with Crippen LogP contribution in [0.1, 0.15) is 21.6 Å². The first kappa shape index (κ1) is 12.8. The number of nitrogens with zero attached hydrogens (tertiary/aromatic N) is 1. The van der Waals surface area contributed by atoms with Crippen molar-refractivity contribution in [1.82, 2.24) is 4.98 Å². The SMILES string of the molecule is Cc1cc(Br)cnc1C(=O)OCc1ccccc1. The van der Waals surface area contributed by atoms with Crippen LogP contribution in [-0.4, -0.2) is 11.0 Å². The van der Waals surface area contributed by atoms with Gasteiger partial charge >= 0.3 is 5.97 Å². The standard InChI is InChI=1S/C14H12BrNO2/c1-10-7-12(15)8-16-13(10)14(17)18-9-11-5-3-2-4-6-11/h2-8H,9H2,1H3. The van der Waals surface area contributed by atoms with E-state index in [0.717, 1.165) is 15.6 Å². The monoisotopic (exact) mass is 305 g/mol. The zero-order valence-corrected chi connectivity index (χ0v) is 11.5. The lowest BCUT2D eigenvalue weighted by Gasteiger charge is -2.06. The number of aryl methyl sites for hydroxylation is 1. The van der Waals surface area contributed by atoms with Crippen molar-refractivity contribution < 1.29 is 9.53 Å². The first-order chi connectivity index (χ1) is 8.66. The van der Waals surface area contributed by atoms with Crippen molar-refractivity contribution in [2.75, 3.05) is 0 Å². The normalized spacial score (nSPS) is 10.1. The molecule has 0 radical (unpaired) electrons. The molecule has 1 aromatic heterocycles. The average Bonchev–Trinajstić information content (AvgIpc) is 2.37. The molecule has 3 nitrogen and oxygen atoms in total. The highest BCUT2D eigenvalue weighted by atomic mass is 79.9. The number of rotatable bonds is 3. The topological polar surface area (TPSA) is 39.2 Å². The molecule has 0 aliphatic heterocycles. The van der Waals surface area contributed by atoms with Gasteiger partial charge in [-0.15, -0.1) is 0 Å². The van der Waals surface area contributed by atoms with Crippen LogP contribution >= 0.6 is 15.9 Å². The first-order valence-electron chi connectivity index (χ1n) is 5.50. The summed E-state index contributed by atoms with van der Waals surface area (Å²) < 4.78 is 6.06. The van der Waals surface area contributed by atoms with E-state index < -0.39 is 5.97 Å². The third-order valence-electron chi connectivity index (χ3n) is 2.45. The molecule has 0 saturated heterocycles. The van der Waals surface area contributed by atoms with Crippen LogP contribution in [0.25, 0.3) is 0 Å². The van der Waals surface area contributed by atoms with Gasteiger partial charge in [0.2, 0.25) is 0 Å². The molecule has 0 unspecified atom stereocenters. The number of pyridine rings is 1. The van der Waals surface area contributed by atoms with Gasteiger partial charge < -0.3 is 4.74 Å². The number of benzene rings is 1. The highest BCUT2D eigenvalue weighted by molar-refractivity contribution is 9.10. The Morgan fingerprint density at radius 2 is 2.06 bits per heavy atom. The lowest BCUT2D eigenvalue weighted by Crippen LogP contribution is -2.09. The highest BCUT2D eigenvalue weighted by Gasteiger charge is 2.12. The van der Waals surface area contributed by atoms with Gasteiger partial charge in [0, 0.05) is 10.7 Å². The molecular weight excluding hydrogens is 294 g/mol. The summed E-state index contributed by atoms with van der Waals surface area (Å²) >= 11 is 3.31. The van der Waals surface area contributed by atoms with E-state index in [0.29, 0.717) is 5.69 Å². The van der Waals surface area contributed by atoms with E-state index in [9.17, 15) is 4.79 Å². The largest absolute Gasteiger partial charge is 0.456 e. The Labute approximate surface area is 114 Å². The lowest BCUT2D eigenvalue weighted by atomic mass is 10.2. The van der Waals surface area contributed by atoms with Crippen LogP contribution in [0.4, 0.5) is 0 Å². The molecule has 0 N–H and O–H groups in total. The molecule has 0 aliphatic carbocycles. The summed E-state index contributed by atoms with van der Waals surface area (Å²) in [5, 5.41) is 0. The minimum Gasteiger partial charge on any atom is -0.456 e. The van der Waals surface area contributed by atoms with Crippen LogP contribution in [-0.2, 0) is 11.3 Å². The summed E-state index contributed by atoms with van der Waals surface area (Å²) in [4.78, 5) is 15.9. The smallest absolute Gasteiger partial charge is 0.357 e. The number of hydrogen-bond donors (Lipinski definition) is 0. The minimum absolute atomic E-state index is 0.261. The van der Waals surface area contributed by atoms with Crippen molar-refractivity contribution in [3.8, 4) is 0 Å². The van der Waals surface area contributed by atoms with Crippen molar-refractivity contribution in [3.63, 3.8) is 0 Å². The molecule has 0 bridgehead atoms. The molecule has 2 rings (SSSR count). The zero-order chi connectivity index (χ0) is 13.0. The van der Waals surface area contributed by atoms with E-state index >= 15 is 0 Å². The first-order valence-corrected chi connectivity index (χ1v) is 6.29. The second-order valence-corrected chi connectivity index (χ2v) is 4.80. The number of aromatic nitrogens is 1. The highest BCUT2D eigenvalue weighted by Crippen LogP contribution is 2.14. The van der Waals surface area contributed by atoms with E-state index in [4.69, 9.17) is 4.74 Å². The Hall–Kier alpha value is -1.68. The number of carbonyl (C=O) groups is 1. The van der Waals surface area contributed by atoms with E-state index in [2.05, 4.69) is 20.9 Å². The molecule has 0 amide bonds. The van der Waals surface area contributed by atoms with E-state index in [1.165, 1.54) is 0 Å². The van der Waals surface area contributed by atoms with Crippen molar-refractivity contribution in [3.05, 3.63) is 63.9 Å². The Balaban J connectivity index is 2.04. The van der Waals surface area contributed by atoms with Gasteiger partial charge in [-0.2, -0.15) is 0 Å². The summed E-state index contributed by atoms with van der Waals surface area (Å²) in [5.74, 6) is -0.399. The maximum absolute atomic E-state index is 11.9. The van der Waals surface area contributed by atoms with Crippen LogP contribution in [0, 0.1) is 6.92 Å². The summed E-state index contributed by atoms with van der Waals surface area (Å²) in [6.07, 6.45) is 1.59. The predicted octanol–water partition coefficient (Wildman–Crippen LogP) is 3.51. The third-order valence-corrected chi connectivity index (χ3v) is 2.88. The molecule has 0 atom stereocenters. The summed E-state index contributed by atoms with van der Waals surface area (Å²) in [6, 6.07) is 11.4.